The van der Waals surface area contributed by atoms with E-state index in [9.17, 15) is 0 Å². The van der Waals surface area contributed by atoms with E-state index in [0.29, 0.717) is 17.4 Å². The van der Waals surface area contributed by atoms with Gasteiger partial charge in [0.2, 0.25) is 5.84 Å². The molecular formula is C12H15N5O2. The first-order valence-electron chi connectivity index (χ1n) is 5.76. The van der Waals surface area contributed by atoms with E-state index < -0.39 is 0 Å². The molecule has 0 spiro atoms. The van der Waals surface area contributed by atoms with Gasteiger partial charge in [-0.15, -0.1) is 0 Å². The number of hydrogen-bond acceptors (Lipinski definition) is 5. The molecule has 0 aromatic carbocycles. The van der Waals surface area contributed by atoms with Crippen LogP contribution in [0.25, 0.3) is 5.82 Å². The van der Waals surface area contributed by atoms with Crippen LogP contribution in [0.15, 0.2) is 35.9 Å². The lowest BCUT2D eigenvalue weighted by Gasteiger charge is -2.14. The summed E-state index contributed by atoms with van der Waals surface area (Å²) in [4.78, 5) is 8.29. The number of oxime groups is 1. The molecule has 0 unspecified atom stereocenters. The SMILES string of the molecule is CC(C)Oc1cccnc1-n1ccnc1/C(N)=N/O. The number of aromatic nitrogens is 3. The summed E-state index contributed by atoms with van der Waals surface area (Å²) in [7, 11) is 0. The first-order chi connectivity index (χ1) is 9.13. The van der Waals surface area contributed by atoms with Gasteiger partial charge in [-0.3, -0.25) is 4.57 Å². The molecule has 7 nitrogen and oxygen atoms in total. The highest BCUT2D eigenvalue weighted by Crippen LogP contribution is 2.22. The van der Waals surface area contributed by atoms with Crippen LogP contribution in [0.5, 0.6) is 5.75 Å². The summed E-state index contributed by atoms with van der Waals surface area (Å²) < 4.78 is 7.29. The van der Waals surface area contributed by atoms with Crippen LogP contribution >= 0.6 is 0 Å². The van der Waals surface area contributed by atoms with Gasteiger partial charge in [0.25, 0.3) is 0 Å². The normalized spacial score (nSPS) is 11.8. The predicted octanol–water partition coefficient (Wildman–Crippen LogP) is 1.15. The molecule has 0 saturated carbocycles. The molecule has 100 valence electrons. The van der Waals surface area contributed by atoms with Crippen molar-refractivity contribution in [1.82, 2.24) is 14.5 Å². The number of amidine groups is 1. The highest BCUT2D eigenvalue weighted by Gasteiger charge is 2.15. The van der Waals surface area contributed by atoms with Gasteiger partial charge in [-0.2, -0.15) is 0 Å². The zero-order valence-electron chi connectivity index (χ0n) is 10.7. The van der Waals surface area contributed by atoms with Gasteiger partial charge in [0.1, 0.15) is 0 Å². The summed E-state index contributed by atoms with van der Waals surface area (Å²) in [5.41, 5.74) is 5.58. The van der Waals surface area contributed by atoms with Crippen LogP contribution in [0.3, 0.4) is 0 Å². The van der Waals surface area contributed by atoms with Crippen molar-refractivity contribution in [2.75, 3.05) is 0 Å². The van der Waals surface area contributed by atoms with E-state index in [4.69, 9.17) is 15.7 Å². The van der Waals surface area contributed by atoms with Crippen LogP contribution < -0.4 is 10.5 Å². The Balaban J connectivity index is 2.51. The summed E-state index contributed by atoms with van der Waals surface area (Å²) in [6, 6.07) is 3.58. The zero-order chi connectivity index (χ0) is 13.8. The van der Waals surface area contributed by atoms with Crippen LogP contribution in [0.2, 0.25) is 0 Å². The van der Waals surface area contributed by atoms with Gasteiger partial charge in [-0.05, 0) is 26.0 Å². The molecule has 0 saturated heterocycles. The lowest BCUT2D eigenvalue weighted by atomic mass is 10.4. The van der Waals surface area contributed by atoms with Crippen molar-refractivity contribution < 1.29 is 9.94 Å². The lowest BCUT2D eigenvalue weighted by molar-refractivity contribution is 0.241. The number of hydrogen-bond donors (Lipinski definition) is 2. The second-order valence-electron chi connectivity index (χ2n) is 4.10. The Morgan fingerprint density at radius 3 is 2.89 bits per heavy atom. The zero-order valence-corrected chi connectivity index (χ0v) is 10.7. The molecule has 2 aromatic heterocycles. The number of nitrogens with zero attached hydrogens (tertiary/aromatic N) is 4. The van der Waals surface area contributed by atoms with Crippen LogP contribution in [0.1, 0.15) is 19.7 Å². The molecule has 0 aliphatic carbocycles. The van der Waals surface area contributed by atoms with Crippen LogP contribution in [0, 0.1) is 0 Å². The third kappa shape index (κ3) is 2.65. The smallest absolute Gasteiger partial charge is 0.206 e. The van der Waals surface area contributed by atoms with E-state index in [0.717, 1.165) is 0 Å². The maximum absolute atomic E-state index is 8.75. The minimum Gasteiger partial charge on any atom is -0.487 e. The van der Waals surface area contributed by atoms with Crippen molar-refractivity contribution >= 4 is 5.84 Å². The van der Waals surface area contributed by atoms with Gasteiger partial charge in [-0.1, -0.05) is 5.16 Å². The Labute approximate surface area is 110 Å². The minimum absolute atomic E-state index is 0.0128. The molecule has 0 bridgehead atoms. The predicted molar refractivity (Wildman–Crippen MR) is 69.6 cm³/mol. The maximum atomic E-state index is 8.75. The second-order valence-corrected chi connectivity index (χ2v) is 4.10. The number of rotatable bonds is 4. The third-order valence-corrected chi connectivity index (χ3v) is 2.32. The summed E-state index contributed by atoms with van der Waals surface area (Å²) >= 11 is 0. The molecule has 7 heteroatoms. The van der Waals surface area contributed by atoms with Gasteiger partial charge in [0.15, 0.2) is 17.4 Å². The first-order valence-corrected chi connectivity index (χ1v) is 5.76. The summed E-state index contributed by atoms with van der Waals surface area (Å²) in [5.74, 6) is 1.35. The van der Waals surface area contributed by atoms with Gasteiger partial charge in [0, 0.05) is 18.6 Å². The molecule has 0 atom stereocenters. The highest BCUT2D eigenvalue weighted by molar-refractivity contribution is 5.94. The Morgan fingerprint density at radius 1 is 1.42 bits per heavy atom. The number of imidazole rings is 1. The van der Waals surface area contributed by atoms with Gasteiger partial charge < -0.3 is 15.7 Å². The maximum Gasteiger partial charge on any atom is 0.206 e. The van der Waals surface area contributed by atoms with E-state index in [1.54, 1.807) is 35.3 Å². The van der Waals surface area contributed by atoms with Crippen LogP contribution in [0.4, 0.5) is 0 Å². The van der Waals surface area contributed by atoms with Gasteiger partial charge in [-0.25, -0.2) is 9.97 Å². The lowest BCUT2D eigenvalue weighted by Crippen LogP contribution is -2.20. The molecule has 0 amide bonds. The fraction of sp³-hybridized carbons (Fsp3) is 0.250. The number of pyridine rings is 1. The highest BCUT2D eigenvalue weighted by atomic mass is 16.5. The van der Waals surface area contributed by atoms with Crippen LogP contribution in [-0.4, -0.2) is 31.7 Å². The average molecular weight is 261 g/mol. The van der Waals surface area contributed by atoms with Crippen molar-refractivity contribution in [2.45, 2.75) is 20.0 Å². The fourth-order valence-electron chi connectivity index (χ4n) is 1.62. The Hall–Kier alpha value is -2.57. The van der Waals surface area contributed by atoms with E-state index in [1.807, 2.05) is 13.8 Å². The molecule has 0 radical (unpaired) electrons. The second kappa shape index (κ2) is 5.38. The molecule has 2 heterocycles. The molecule has 2 aromatic rings. The quantitative estimate of drug-likeness (QED) is 0.372. The standard InChI is InChI=1S/C12H15N5O2/c1-8(2)19-9-4-3-5-14-11(9)17-7-6-15-12(17)10(13)16-18/h3-8,18H,1-2H3,(H2,13,16). The molecule has 0 aliphatic heterocycles. The van der Waals surface area contributed by atoms with Crippen molar-refractivity contribution in [3.8, 4) is 11.6 Å². The molecule has 19 heavy (non-hydrogen) atoms. The largest absolute Gasteiger partial charge is 0.487 e. The minimum atomic E-state index is -0.0915. The van der Waals surface area contributed by atoms with Gasteiger partial charge >= 0.3 is 0 Å². The van der Waals surface area contributed by atoms with Crippen molar-refractivity contribution in [3.05, 3.63) is 36.5 Å². The number of nitrogens with two attached hydrogens (primary N) is 1. The van der Waals surface area contributed by atoms with Crippen molar-refractivity contribution in [2.24, 2.45) is 10.9 Å². The third-order valence-electron chi connectivity index (χ3n) is 2.32. The number of ether oxygens (including phenoxy) is 1. The Kier molecular flexibility index (Phi) is 3.65. The first kappa shape index (κ1) is 12.9. The Bertz CT molecular complexity index is 591. The molecule has 0 aliphatic rings. The average Bonchev–Trinajstić information content (AvgIpc) is 2.87. The van der Waals surface area contributed by atoms with Crippen LogP contribution in [-0.2, 0) is 0 Å². The molecule has 3 N–H and O–H groups in total. The summed E-state index contributed by atoms with van der Waals surface area (Å²) in [6.07, 6.45) is 4.86. The summed E-state index contributed by atoms with van der Waals surface area (Å²) in [5, 5.41) is 11.7. The van der Waals surface area contributed by atoms with E-state index in [2.05, 4.69) is 15.1 Å². The summed E-state index contributed by atoms with van der Waals surface area (Å²) in [6.45, 7) is 3.85. The molecule has 2 rings (SSSR count). The molecule has 0 fully saturated rings. The van der Waals surface area contributed by atoms with Gasteiger partial charge in [0.05, 0.1) is 6.10 Å². The van der Waals surface area contributed by atoms with Crippen molar-refractivity contribution in [3.63, 3.8) is 0 Å². The topological polar surface area (TPSA) is 98.5 Å². The van der Waals surface area contributed by atoms with E-state index in [1.165, 1.54) is 0 Å². The van der Waals surface area contributed by atoms with Crippen molar-refractivity contribution in [1.29, 1.82) is 0 Å². The Morgan fingerprint density at radius 2 is 2.21 bits per heavy atom. The fourth-order valence-corrected chi connectivity index (χ4v) is 1.62. The molecular weight excluding hydrogens is 246 g/mol. The van der Waals surface area contributed by atoms with E-state index >= 15 is 0 Å². The van der Waals surface area contributed by atoms with E-state index in [-0.39, 0.29) is 11.9 Å². The monoisotopic (exact) mass is 261 g/mol.